The molecular formula is C23H20FN3OS. The molecule has 3 aromatic rings. The van der Waals surface area contributed by atoms with Gasteiger partial charge < -0.3 is 9.80 Å². The number of anilines is 3. The van der Waals surface area contributed by atoms with Gasteiger partial charge in [-0.05, 0) is 48.5 Å². The Kier molecular flexibility index (Phi) is 4.64. The molecular weight excluding hydrogens is 385 g/mol. The lowest BCUT2D eigenvalue weighted by atomic mass is 10.2. The first-order valence-corrected chi connectivity index (χ1v) is 10.5. The summed E-state index contributed by atoms with van der Waals surface area (Å²) in [6, 6.07) is 22.6. The molecule has 29 heavy (non-hydrogen) atoms. The normalized spacial score (nSPS) is 15.7. The molecule has 0 atom stereocenters. The molecule has 4 nitrogen and oxygen atoms in total. The second-order valence-electron chi connectivity index (χ2n) is 7.11. The minimum absolute atomic E-state index is 0.00366. The second-order valence-corrected chi connectivity index (χ2v) is 8.19. The molecule has 2 amide bonds. The Morgan fingerprint density at radius 2 is 1.31 bits per heavy atom. The first-order chi connectivity index (χ1) is 14.2. The number of benzene rings is 3. The van der Waals surface area contributed by atoms with E-state index < -0.39 is 0 Å². The van der Waals surface area contributed by atoms with E-state index in [0.717, 1.165) is 39.9 Å². The molecule has 2 aliphatic heterocycles. The minimum Gasteiger partial charge on any atom is -0.368 e. The highest BCUT2D eigenvalue weighted by atomic mass is 32.2. The van der Waals surface area contributed by atoms with Crippen molar-refractivity contribution in [3.05, 3.63) is 78.6 Å². The quantitative estimate of drug-likeness (QED) is 0.545. The molecule has 0 radical (unpaired) electrons. The largest absolute Gasteiger partial charge is 0.368 e. The molecule has 0 aromatic heterocycles. The maximum Gasteiger partial charge on any atom is 0.329 e. The second kappa shape index (κ2) is 7.44. The summed E-state index contributed by atoms with van der Waals surface area (Å²) in [6.07, 6.45) is 0. The Morgan fingerprint density at radius 1 is 0.759 bits per heavy atom. The number of nitrogens with zero attached hydrogens (tertiary/aromatic N) is 3. The summed E-state index contributed by atoms with van der Waals surface area (Å²) in [5, 5.41) is 0. The fraction of sp³-hybridized carbons (Fsp3) is 0.174. The van der Waals surface area contributed by atoms with Gasteiger partial charge in [-0.1, -0.05) is 36.0 Å². The van der Waals surface area contributed by atoms with Crippen LogP contribution >= 0.6 is 11.8 Å². The van der Waals surface area contributed by atoms with Gasteiger partial charge in [-0.25, -0.2) is 9.18 Å². The van der Waals surface area contributed by atoms with Crippen LogP contribution in [0.15, 0.2) is 82.6 Å². The molecule has 1 saturated heterocycles. The fourth-order valence-electron chi connectivity index (χ4n) is 3.86. The zero-order chi connectivity index (χ0) is 19.8. The highest BCUT2D eigenvalue weighted by Crippen LogP contribution is 2.48. The Labute approximate surface area is 173 Å². The van der Waals surface area contributed by atoms with E-state index >= 15 is 0 Å². The van der Waals surface area contributed by atoms with Crippen molar-refractivity contribution < 1.29 is 9.18 Å². The molecule has 0 saturated carbocycles. The number of rotatable bonds is 1. The van der Waals surface area contributed by atoms with Crippen molar-refractivity contribution in [3.63, 3.8) is 0 Å². The smallest absolute Gasteiger partial charge is 0.329 e. The van der Waals surface area contributed by atoms with Crippen molar-refractivity contribution in [2.24, 2.45) is 0 Å². The average molecular weight is 405 g/mol. The standard InChI is InChI=1S/C23H20FN3OS/c24-17-9-11-18(12-10-17)25-13-15-26(16-14-25)23(28)27-19-5-1-3-7-21(19)29-22-8-4-2-6-20(22)27/h1-12H,13-16H2. The van der Waals surface area contributed by atoms with Crippen LogP contribution in [0.25, 0.3) is 0 Å². The van der Waals surface area contributed by atoms with Gasteiger partial charge in [0.25, 0.3) is 0 Å². The van der Waals surface area contributed by atoms with E-state index in [9.17, 15) is 9.18 Å². The van der Waals surface area contributed by atoms with Crippen molar-refractivity contribution in [2.75, 3.05) is 36.0 Å². The number of amides is 2. The number of halogens is 1. The lowest BCUT2D eigenvalue weighted by Gasteiger charge is -2.40. The number of hydrogen-bond acceptors (Lipinski definition) is 3. The summed E-state index contributed by atoms with van der Waals surface area (Å²) >= 11 is 1.70. The van der Waals surface area contributed by atoms with Crippen molar-refractivity contribution >= 4 is 34.9 Å². The topological polar surface area (TPSA) is 26.8 Å². The summed E-state index contributed by atoms with van der Waals surface area (Å²) in [5.41, 5.74) is 2.85. The van der Waals surface area contributed by atoms with Gasteiger partial charge in [-0.15, -0.1) is 0 Å². The first kappa shape index (κ1) is 18.1. The zero-order valence-electron chi connectivity index (χ0n) is 15.8. The molecule has 0 aliphatic carbocycles. The van der Waals surface area contributed by atoms with E-state index in [0.29, 0.717) is 13.1 Å². The van der Waals surface area contributed by atoms with Crippen LogP contribution in [0, 0.1) is 5.82 Å². The third kappa shape index (κ3) is 3.34. The van der Waals surface area contributed by atoms with Crippen molar-refractivity contribution in [1.29, 1.82) is 0 Å². The minimum atomic E-state index is -0.233. The van der Waals surface area contributed by atoms with Crippen LogP contribution in [0.1, 0.15) is 0 Å². The van der Waals surface area contributed by atoms with E-state index in [1.807, 2.05) is 46.2 Å². The lowest BCUT2D eigenvalue weighted by Crippen LogP contribution is -2.52. The van der Waals surface area contributed by atoms with Gasteiger partial charge in [0.2, 0.25) is 0 Å². The molecule has 146 valence electrons. The van der Waals surface area contributed by atoms with Crippen LogP contribution in [-0.4, -0.2) is 37.1 Å². The van der Waals surface area contributed by atoms with Gasteiger partial charge in [0.15, 0.2) is 0 Å². The molecule has 1 fully saturated rings. The van der Waals surface area contributed by atoms with Crippen LogP contribution < -0.4 is 9.80 Å². The molecule has 2 heterocycles. The van der Waals surface area contributed by atoms with Crippen molar-refractivity contribution in [3.8, 4) is 0 Å². The molecule has 3 aromatic carbocycles. The Morgan fingerprint density at radius 3 is 1.90 bits per heavy atom. The van der Waals surface area contributed by atoms with Gasteiger partial charge in [0, 0.05) is 41.7 Å². The van der Waals surface area contributed by atoms with Crippen LogP contribution in [0.5, 0.6) is 0 Å². The molecule has 0 bridgehead atoms. The van der Waals surface area contributed by atoms with E-state index in [-0.39, 0.29) is 11.8 Å². The highest BCUT2D eigenvalue weighted by molar-refractivity contribution is 7.99. The lowest BCUT2D eigenvalue weighted by molar-refractivity contribution is 0.203. The molecule has 2 aliphatic rings. The maximum absolute atomic E-state index is 13.5. The van der Waals surface area contributed by atoms with Gasteiger partial charge >= 0.3 is 6.03 Å². The number of fused-ring (bicyclic) bond motifs is 2. The summed E-state index contributed by atoms with van der Waals surface area (Å²) in [7, 11) is 0. The Bertz CT molecular complexity index is 1000. The number of para-hydroxylation sites is 2. The van der Waals surface area contributed by atoms with Crippen LogP contribution in [0.4, 0.5) is 26.2 Å². The summed E-state index contributed by atoms with van der Waals surface area (Å²) in [6.45, 7) is 2.71. The Hall–Kier alpha value is -2.99. The van der Waals surface area contributed by atoms with Crippen molar-refractivity contribution in [2.45, 2.75) is 9.79 Å². The molecule has 0 spiro atoms. The molecule has 0 N–H and O–H groups in total. The maximum atomic E-state index is 13.5. The van der Waals surface area contributed by atoms with E-state index in [1.54, 1.807) is 23.9 Å². The van der Waals surface area contributed by atoms with Crippen LogP contribution in [0.2, 0.25) is 0 Å². The van der Waals surface area contributed by atoms with Crippen LogP contribution in [-0.2, 0) is 0 Å². The molecule has 5 rings (SSSR count). The summed E-state index contributed by atoms with van der Waals surface area (Å²) in [4.78, 5) is 21.7. The summed E-state index contributed by atoms with van der Waals surface area (Å²) in [5.74, 6) is -0.233. The van der Waals surface area contributed by atoms with Crippen molar-refractivity contribution in [1.82, 2.24) is 4.90 Å². The predicted octanol–water partition coefficient (Wildman–Crippen LogP) is 5.37. The first-order valence-electron chi connectivity index (χ1n) is 9.66. The third-order valence-corrected chi connectivity index (χ3v) is 6.50. The predicted molar refractivity (Wildman–Crippen MR) is 115 cm³/mol. The van der Waals surface area contributed by atoms with E-state index in [4.69, 9.17) is 0 Å². The third-order valence-electron chi connectivity index (χ3n) is 5.37. The van der Waals surface area contributed by atoms with Gasteiger partial charge in [0.1, 0.15) is 5.82 Å². The monoisotopic (exact) mass is 405 g/mol. The number of urea groups is 1. The zero-order valence-corrected chi connectivity index (χ0v) is 16.6. The van der Waals surface area contributed by atoms with Gasteiger partial charge in [0.05, 0.1) is 11.4 Å². The highest BCUT2D eigenvalue weighted by Gasteiger charge is 2.32. The SMILES string of the molecule is O=C(N1CCN(c2ccc(F)cc2)CC1)N1c2ccccc2Sc2ccccc21. The number of hydrogen-bond donors (Lipinski definition) is 0. The summed E-state index contributed by atoms with van der Waals surface area (Å²) < 4.78 is 13.2. The van der Waals surface area contributed by atoms with Crippen LogP contribution in [0.3, 0.4) is 0 Å². The molecule has 6 heteroatoms. The number of carbonyl (C=O) groups is 1. The Balaban J connectivity index is 1.38. The van der Waals surface area contributed by atoms with Gasteiger partial charge in [-0.2, -0.15) is 0 Å². The number of carbonyl (C=O) groups excluding carboxylic acids is 1. The molecule has 0 unspecified atom stereocenters. The number of piperazine rings is 1. The average Bonchev–Trinajstić information content (AvgIpc) is 2.77. The van der Waals surface area contributed by atoms with E-state index in [1.165, 1.54) is 12.1 Å². The fourth-order valence-corrected chi connectivity index (χ4v) is 4.92. The van der Waals surface area contributed by atoms with Gasteiger partial charge in [-0.3, -0.25) is 4.90 Å². The van der Waals surface area contributed by atoms with E-state index in [2.05, 4.69) is 17.0 Å².